The number of nitrogens with one attached hydrogen (secondary N) is 2. The van der Waals surface area contributed by atoms with Crippen LogP contribution < -0.4 is 31.4 Å². The minimum atomic E-state index is -2.10. The van der Waals surface area contributed by atoms with E-state index in [1.54, 1.807) is 53.6 Å². The SMILES string of the molecule is CCN(CC)CC.CC[C@H]1O[C@@H](n2cnc3c(NC(=O)c4ccccc4)ncnc32)CC1O.CC[C@H]1O[C@@H](n2cnc3c(NC(=O)c4ccccc4)ncnc32)CC1O[P@@]1O[C@H](C[Si](C)(c2ccccc2)c2ccccc2)[C@@H]2CCCN21.C[Si](C[C@H]1OP(Cl)N2CCC[C@@H]12)(c1ccccc1)c1ccccc1. The van der Waals surface area contributed by atoms with Gasteiger partial charge in [-0.3, -0.25) is 18.7 Å². The normalized spacial score (nSPS) is 24.2. The van der Waals surface area contributed by atoms with Gasteiger partial charge in [-0.2, -0.15) is 0 Å². The third kappa shape index (κ3) is 17.2. The Hall–Kier alpha value is -7.42. The molecule has 0 radical (unpaired) electrons. The summed E-state index contributed by atoms with van der Waals surface area (Å²) in [7, 11) is -6.09. The van der Waals surface area contributed by atoms with Gasteiger partial charge in [0.2, 0.25) is 7.65 Å². The van der Waals surface area contributed by atoms with Crippen molar-refractivity contribution < 1.29 is 37.7 Å². The van der Waals surface area contributed by atoms with Gasteiger partial charge in [0.15, 0.2) is 34.0 Å². The smallest absolute Gasteiger partial charge is 0.259 e. The van der Waals surface area contributed by atoms with Gasteiger partial charge in [-0.05, 0) is 106 Å². The number of aromatic nitrogens is 8. The molecule has 10 aromatic rings. The molecule has 0 spiro atoms. The lowest BCUT2D eigenvalue weighted by Crippen LogP contribution is -2.58. The van der Waals surface area contributed by atoms with Gasteiger partial charge in [0, 0.05) is 49.1 Å². The number of fused-ring (bicyclic) bond motifs is 4. The van der Waals surface area contributed by atoms with Crippen LogP contribution in [0.15, 0.2) is 207 Å². The molecule has 4 aromatic heterocycles. The first-order valence-corrected chi connectivity index (χ1v) is 46.2. The van der Waals surface area contributed by atoms with Crippen molar-refractivity contribution in [2.75, 3.05) is 43.4 Å². The van der Waals surface area contributed by atoms with E-state index >= 15 is 0 Å². The molecule has 6 aromatic carbocycles. The fraction of sp³-hybridized carbons (Fsp3) is 0.400. The summed E-state index contributed by atoms with van der Waals surface area (Å²) in [6.07, 6.45) is 12.4. The van der Waals surface area contributed by atoms with Gasteiger partial charge in [-0.25, -0.2) is 39.2 Å². The number of hydrogen-bond acceptors (Lipinski definition) is 17. The van der Waals surface area contributed by atoms with Crippen molar-refractivity contribution in [2.45, 2.75) is 172 Å². The molecule has 6 fully saturated rings. The number of ether oxygens (including phenoxy) is 2. The van der Waals surface area contributed by atoms with Gasteiger partial charge in [-0.15, -0.1) is 0 Å². The molecule has 0 bridgehead atoms. The summed E-state index contributed by atoms with van der Waals surface area (Å²) in [6, 6.07) is 65.0. The summed E-state index contributed by atoms with van der Waals surface area (Å²) >= 11 is 6.51. The number of hydrogen-bond donors (Lipinski definition) is 3. The van der Waals surface area contributed by atoms with E-state index in [9.17, 15) is 14.7 Å². The number of anilines is 2. The second-order valence-corrected chi connectivity index (χ2v) is 40.1. The lowest BCUT2D eigenvalue weighted by atomic mass is 10.1. The third-order valence-corrected chi connectivity index (χ3v) is 34.6. The van der Waals surface area contributed by atoms with E-state index < -0.39 is 38.4 Å². The zero-order valence-electron chi connectivity index (χ0n) is 61.5. The molecule has 6 aliphatic rings. The molecular formula is C80H98ClN13O8P2Si2. The van der Waals surface area contributed by atoms with E-state index in [0.717, 1.165) is 50.9 Å². The fourth-order valence-electron chi connectivity index (χ4n) is 15.7. The van der Waals surface area contributed by atoms with Crippen LogP contribution >= 0.6 is 27.4 Å². The average Bonchev–Trinajstić information content (AvgIpc) is 1.51. The molecule has 21 nitrogen and oxygen atoms in total. The lowest BCUT2D eigenvalue weighted by Gasteiger charge is -2.32. The number of benzene rings is 6. The van der Waals surface area contributed by atoms with Gasteiger partial charge in [0.1, 0.15) is 41.3 Å². The molecule has 12 atom stereocenters. The van der Waals surface area contributed by atoms with Gasteiger partial charge >= 0.3 is 0 Å². The number of aliphatic hydroxyl groups is 1. The second kappa shape index (κ2) is 35.7. The maximum Gasteiger partial charge on any atom is 0.259 e. The van der Waals surface area contributed by atoms with Crippen molar-refractivity contribution in [3.05, 3.63) is 218 Å². The number of halogens is 1. The van der Waals surface area contributed by atoms with Crippen LogP contribution in [0, 0.1) is 0 Å². The number of carbonyl (C=O) groups excluding carboxylic acids is 2. The Morgan fingerprint density at radius 1 is 0.528 bits per heavy atom. The predicted molar refractivity (Wildman–Crippen MR) is 427 cm³/mol. The summed E-state index contributed by atoms with van der Waals surface area (Å²) in [5, 5.41) is 21.6. The molecule has 6 saturated heterocycles. The summed E-state index contributed by atoms with van der Waals surface area (Å²) in [5.74, 6) is 0.192. The zero-order valence-corrected chi connectivity index (χ0v) is 66.1. The molecule has 3 unspecified atom stereocenters. The van der Waals surface area contributed by atoms with Crippen LogP contribution in [0.2, 0.25) is 25.2 Å². The molecule has 16 rings (SSSR count). The van der Waals surface area contributed by atoms with Crippen molar-refractivity contribution in [1.82, 2.24) is 53.3 Å². The Morgan fingerprint density at radius 3 is 1.34 bits per heavy atom. The molecule has 6 aliphatic heterocycles. The van der Waals surface area contributed by atoms with E-state index in [0.29, 0.717) is 70.0 Å². The molecule has 556 valence electrons. The highest BCUT2D eigenvalue weighted by molar-refractivity contribution is 7.78. The molecule has 106 heavy (non-hydrogen) atoms. The molecule has 2 amide bonds. The molecular weight excluding hydrogens is 1420 g/mol. The van der Waals surface area contributed by atoms with E-state index in [1.165, 1.54) is 65.9 Å². The molecule has 10 heterocycles. The van der Waals surface area contributed by atoms with Crippen molar-refractivity contribution in [1.29, 1.82) is 0 Å². The highest BCUT2D eigenvalue weighted by atomic mass is 35.7. The number of nitrogens with zero attached hydrogens (tertiary/aromatic N) is 11. The van der Waals surface area contributed by atoms with Gasteiger partial charge in [-0.1, -0.05) is 226 Å². The first-order chi connectivity index (χ1) is 51.7. The Balaban J connectivity index is 0.000000146. The molecule has 26 heteroatoms. The molecule has 0 aliphatic carbocycles. The summed E-state index contributed by atoms with van der Waals surface area (Å²) in [5.41, 5.74) is 3.23. The summed E-state index contributed by atoms with van der Waals surface area (Å²) < 4.78 is 41.3. The minimum Gasteiger partial charge on any atom is -0.390 e. The van der Waals surface area contributed by atoms with Crippen molar-refractivity contribution in [2.24, 2.45) is 0 Å². The average molecular weight is 1520 g/mol. The number of carbonyl (C=O) groups is 2. The largest absolute Gasteiger partial charge is 0.390 e. The topological polar surface area (TPSA) is 221 Å². The standard InChI is InChI=1S/C37H41N6O4PSi.C19H23ClNOPSi.C18H19N5O3.C6H15N/c1-3-30-31(22-33(45-30)42-25-40-34-35(38-24-39-36(34)42)41-37(44)26-14-7-4-8-15-26)46-48-43-21-13-20-29(43)32(47-48)23-49(2,27-16-9-5-10-17-27)28-18-11-6-12-19-28;1-24(16-9-4-2-5-10-16,17-11-6-3-7-12-17)15-19-18-13-8-14-21(18)23(20)22-19;1-2-13-12(24)8-14(26-13)23-10-21-15-16(19-9-20-17(15)23)22-18(25)11-6-4-3-5-7-11;1-4-7(5-2)6-3/h4-12,14-19,24-25,29-33H,3,13,20-23H2,1-2H3,(H,38,39,41,44);2-7,9-12,18-19H,8,13-15H2,1H3;3-7,9-10,12-14,24H,2,8H2,1H3,(H,19,20,22,25);4-6H2,1-3H3/t29-,30+,31?,32+,33+,48-;18-,19+,23?;12?,13-,14-;/m001./s1. The van der Waals surface area contributed by atoms with Crippen molar-refractivity contribution >= 4 is 110 Å². The Kier molecular flexibility index (Phi) is 25.9. The number of rotatable bonds is 21. The van der Waals surface area contributed by atoms with Crippen LogP contribution in [-0.4, -0.2) is 168 Å². The van der Waals surface area contributed by atoms with E-state index in [4.69, 9.17) is 34.3 Å². The van der Waals surface area contributed by atoms with Gasteiger partial charge in [0.25, 0.3) is 20.3 Å². The molecule has 0 saturated carbocycles. The highest BCUT2D eigenvalue weighted by Gasteiger charge is 2.53. The van der Waals surface area contributed by atoms with Crippen LogP contribution in [0.1, 0.15) is 119 Å². The Morgan fingerprint density at radius 2 is 0.925 bits per heavy atom. The van der Waals surface area contributed by atoms with Crippen LogP contribution in [0.5, 0.6) is 0 Å². The lowest BCUT2D eigenvalue weighted by molar-refractivity contribution is -0.0183. The number of aliphatic hydroxyl groups excluding tert-OH is 1. The number of imidazole rings is 2. The van der Waals surface area contributed by atoms with Gasteiger partial charge < -0.3 is 43.7 Å². The van der Waals surface area contributed by atoms with E-state index in [2.05, 4.69) is 217 Å². The number of amides is 2. The summed E-state index contributed by atoms with van der Waals surface area (Å²) in [6.45, 7) is 21.3. The summed E-state index contributed by atoms with van der Waals surface area (Å²) in [4.78, 5) is 53.9. The second-order valence-electron chi connectivity index (χ2n) is 28.1. The highest BCUT2D eigenvalue weighted by Crippen LogP contribution is 2.60. The quantitative estimate of drug-likeness (QED) is 0.0449. The first kappa shape index (κ1) is 76.8. The van der Waals surface area contributed by atoms with E-state index in [-0.39, 0.29) is 54.8 Å². The zero-order chi connectivity index (χ0) is 73.7. The maximum atomic E-state index is 12.9. The minimum absolute atomic E-state index is 0.0963. The third-order valence-electron chi connectivity index (χ3n) is 21.8. The van der Waals surface area contributed by atoms with Crippen molar-refractivity contribution in [3.8, 4) is 0 Å². The monoisotopic (exact) mass is 1520 g/mol. The first-order valence-electron chi connectivity index (χ1n) is 37.5. The predicted octanol–water partition coefficient (Wildman–Crippen LogP) is 13.8. The Labute approximate surface area is 631 Å². The van der Waals surface area contributed by atoms with Crippen LogP contribution in [-0.2, 0) is 23.0 Å². The van der Waals surface area contributed by atoms with Crippen LogP contribution in [0.4, 0.5) is 11.6 Å². The van der Waals surface area contributed by atoms with Crippen molar-refractivity contribution in [3.63, 3.8) is 0 Å². The van der Waals surface area contributed by atoms with E-state index in [1.807, 2.05) is 35.8 Å². The Bertz CT molecular complexity index is 4380. The maximum absolute atomic E-state index is 12.9. The van der Waals surface area contributed by atoms with Crippen LogP contribution in [0.25, 0.3) is 22.3 Å². The van der Waals surface area contributed by atoms with Crippen LogP contribution in [0.3, 0.4) is 0 Å². The molecule has 3 N–H and O–H groups in total. The fourth-order valence-corrected chi connectivity index (χ4v) is 27.8. The van der Waals surface area contributed by atoms with Gasteiger partial charge in [0.05, 0.1) is 49.3 Å².